The van der Waals surface area contributed by atoms with Gasteiger partial charge < -0.3 is 9.30 Å². The van der Waals surface area contributed by atoms with E-state index in [4.69, 9.17) is 16.3 Å². The topological polar surface area (TPSA) is 72.1 Å². The number of rotatable bonds is 4. The lowest BCUT2D eigenvalue weighted by atomic mass is 9.95. The van der Waals surface area contributed by atoms with Gasteiger partial charge in [-0.3, -0.25) is 9.59 Å². The molecule has 2 aromatic rings. The fourth-order valence-electron chi connectivity index (χ4n) is 3.02. The van der Waals surface area contributed by atoms with Crippen molar-refractivity contribution in [1.82, 2.24) is 4.57 Å². The molecule has 0 atom stereocenters. The molecular formula is C21H21ClN2O3. The molecule has 0 aliphatic heterocycles. The Balaban J connectivity index is 2.05. The third-order valence-corrected chi connectivity index (χ3v) is 4.52. The van der Waals surface area contributed by atoms with E-state index in [9.17, 15) is 14.9 Å². The number of nitriles is 1. The lowest BCUT2D eigenvalue weighted by Crippen LogP contribution is -2.30. The molecule has 0 bridgehead atoms. The van der Waals surface area contributed by atoms with Crippen molar-refractivity contribution in [2.75, 3.05) is 0 Å². The monoisotopic (exact) mass is 384 g/mol. The van der Waals surface area contributed by atoms with E-state index in [-0.39, 0.29) is 12.1 Å². The number of hydrogen-bond acceptors (Lipinski definition) is 4. The molecule has 0 N–H and O–H groups in total. The zero-order valence-electron chi connectivity index (χ0n) is 15.6. The SMILES string of the molecule is CC(C)(C)OC(=O)Cn1cc(C2CC2)c(-c2cc(Cl)ccc2C#N)cc1=O. The van der Waals surface area contributed by atoms with Crippen LogP contribution in [-0.4, -0.2) is 16.1 Å². The minimum atomic E-state index is -0.609. The number of carbonyl (C=O) groups excluding carboxylic acids is 1. The van der Waals surface area contributed by atoms with Crippen molar-refractivity contribution < 1.29 is 9.53 Å². The van der Waals surface area contributed by atoms with Crippen molar-refractivity contribution >= 4 is 17.6 Å². The number of benzene rings is 1. The highest BCUT2D eigenvalue weighted by Crippen LogP contribution is 2.44. The van der Waals surface area contributed by atoms with Crippen LogP contribution < -0.4 is 5.56 Å². The molecule has 3 rings (SSSR count). The number of esters is 1. The highest BCUT2D eigenvalue weighted by Gasteiger charge is 2.29. The molecule has 1 saturated carbocycles. The van der Waals surface area contributed by atoms with Gasteiger partial charge in [-0.2, -0.15) is 5.26 Å². The van der Waals surface area contributed by atoms with Crippen LogP contribution in [0.2, 0.25) is 5.02 Å². The molecule has 6 heteroatoms. The van der Waals surface area contributed by atoms with Gasteiger partial charge in [0.1, 0.15) is 12.1 Å². The lowest BCUT2D eigenvalue weighted by molar-refractivity contribution is -0.155. The van der Waals surface area contributed by atoms with Crippen LogP contribution in [0.3, 0.4) is 0 Å². The zero-order valence-corrected chi connectivity index (χ0v) is 16.3. The molecule has 1 heterocycles. The van der Waals surface area contributed by atoms with Crippen LogP contribution in [0.15, 0.2) is 35.3 Å². The lowest BCUT2D eigenvalue weighted by Gasteiger charge is -2.20. The van der Waals surface area contributed by atoms with Gasteiger partial charge in [0.25, 0.3) is 5.56 Å². The van der Waals surface area contributed by atoms with Gasteiger partial charge in [0, 0.05) is 22.8 Å². The zero-order chi connectivity index (χ0) is 19.8. The van der Waals surface area contributed by atoms with Gasteiger partial charge in [-0.15, -0.1) is 0 Å². The van der Waals surface area contributed by atoms with Crippen LogP contribution >= 0.6 is 11.6 Å². The van der Waals surface area contributed by atoms with E-state index >= 15 is 0 Å². The van der Waals surface area contributed by atoms with Crippen LogP contribution in [0.5, 0.6) is 0 Å². The predicted molar refractivity (Wildman–Crippen MR) is 104 cm³/mol. The summed E-state index contributed by atoms with van der Waals surface area (Å²) in [5.74, 6) is -0.143. The fraction of sp³-hybridized carbons (Fsp3) is 0.381. The summed E-state index contributed by atoms with van der Waals surface area (Å²) in [5, 5.41) is 9.93. The van der Waals surface area contributed by atoms with E-state index in [1.165, 1.54) is 10.6 Å². The predicted octanol–water partition coefficient (Wildman–Crippen LogP) is 4.26. The van der Waals surface area contributed by atoms with Crippen LogP contribution in [-0.2, 0) is 16.1 Å². The van der Waals surface area contributed by atoms with Gasteiger partial charge in [-0.1, -0.05) is 11.6 Å². The van der Waals surface area contributed by atoms with Crippen LogP contribution in [0.25, 0.3) is 11.1 Å². The number of carbonyl (C=O) groups is 1. The smallest absolute Gasteiger partial charge is 0.326 e. The van der Waals surface area contributed by atoms with Gasteiger partial charge in [-0.05, 0) is 68.9 Å². The van der Waals surface area contributed by atoms with Crippen molar-refractivity contribution in [3.63, 3.8) is 0 Å². The molecule has 0 unspecified atom stereocenters. The number of ether oxygens (including phenoxy) is 1. The maximum absolute atomic E-state index is 12.6. The number of pyridine rings is 1. The molecule has 27 heavy (non-hydrogen) atoms. The summed E-state index contributed by atoms with van der Waals surface area (Å²) >= 11 is 6.12. The quantitative estimate of drug-likeness (QED) is 0.738. The molecular weight excluding hydrogens is 364 g/mol. The number of hydrogen-bond donors (Lipinski definition) is 0. The highest BCUT2D eigenvalue weighted by molar-refractivity contribution is 6.31. The van der Waals surface area contributed by atoms with Gasteiger partial charge in [-0.25, -0.2) is 0 Å². The van der Waals surface area contributed by atoms with Gasteiger partial charge >= 0.3 is 5.97 Å². The Hall–Kier alpha value is -2.58. The number of halogens is 1. The summed E-state index contributed by atoms with van der Waals surface area (Å²) in [6.07, 6.45) is 3.75. The molecule has 140 valence electrons. The first kappa shape index (κ1) is 19.2. The standard InChI is InChI=1S/C21H21ClN2O3/c1-21(2,3)27-20(26)12-24-11-18(13-4-5-13)17(9-19(24)25)16-8-15(22)7-6-14(16)10-23/h6-9,11,13H,4-5,12H2,1-3H3. The number of nitrogens with zero attached hydrogens (tertiary/aromatic N) is 2. The van der Waals surface area contributed by atoms with Crippen LogP contribution in [0, 0.1) is 11.3 Å². The molecule has 0 spiro atoms. The molecule has 0 radical (unpaired) electrons. The van der Waals surface area contributed by atoms with Crippen molar-refractivity contribution in [2.24, 2.45) is 0 Å². The molecule has 1 aliphatic carbocycles. The summed E-state index contributed by atoms with van der Waals surface area (Å²) < 4.78 is 6.70. The average Bonchev–Trinajstić information content (AvgIpc) is 3.39. The second kappa shape index (κ2) is 7.21. The molecule has 0 saturated heterocycles. The van der Waals surface area contributed by atoms with Gasteiger partial charge in [0.2, 0.25) is 0 Å². The first-order chi connectivity index (χ1) is 12.7. The maximum Gasteiger partial charge on any atom is 0.326 e. The summed E-state index contributed by atoms with van der Waals surface area (Å²) in [5.41, 5.74) is 1.85. The first-order valence-corrected chi connectivity index (χ1v) is 9.22. The molecule has 1 fully saturated rings. The summed E-state index contributed by atoms with van der Waals surface area (Å²) in [7, 11) is 0. The van der Waals surface area contributed by atoms with Crippen molar-refractivity contribution in [3.05, 3.63) is 57.0 Å². The third kappa shape index (κ3) is 4.58. The largest absolute Gasteiger partial charge is 0.459 e. The minimum Gasteiger partial charge on any atom is -0.459 e. The summed E-state index contributed by atoms with van der Waals surface area (Å²) in [4.78, 5) is 24.8. The van der Waals surface area contributed by atoms with Crippen LogP contribution in [0.1, 0.15) is 50.7 Å². The van der Waals surface area contributed by atoms with Crippen molar-refractivity contribution in [2.45, 2.75) is 51.7 Å². The normalized spacial score (nSPS) is 13.9. The Morgan fingerprint density at radius 2 is 2.00 bits per heavy atom. The molecule has 1 aliphatic rings. The first-order valence-electron chi connectivity index (χ1n) is 8.84. The summed E-state index contributed by atoms with van der Waals surface area (Å²) in [6, 6.07) is 8.67. The van der Waals surface area contributed by atoms with E-state index in [2.05, 4.69) is 6.07 Å². The van der Waals surface area contributed by atoms with E-state index in [0.717, 1.165) is 18.4 Å². The Morgan fingerprint density at radius 1 is 1.30 bits per heavy atom. The highest BCUT2D eigenvalue weighted by atomic mass is 35.5. The molecule has 0 amide bonds. The fourth-order valence-corrected chi connectivity index (χ4v) is 3.19. The van der Waals surface area contributed by atoms with E-state index in [1.54, 1.807) is 45.2 Å². The minimum absolute atomic E-state index is 0.142. The Morgan fingerprint density at radius 3 is 2.59 bits per heavy atom. The molecule has 1 aromatic carbocycles. The average molecular weight is 385 g/mol. The van der Waals surface area contributed by atoms with Gasteiger partial charge in [0.05, 0.1) is 11.6 Å². The van der Waals surface area contributed by atoms with Crippen molar-refractivity contribution in [3.8, 4) is 17.2 Å². The maximum atomic E-state index is 12.6. The van der Waals surface area contributed by atoms with E-state index < -0.39 is 11.6 Å². The van der Waals surface area contributed by atoms with Gasteiger partial charge in [0.15, 0.2) is 0 Å². The van der Waals surface area contributed by atoms with E-state index in [0.29, 0.717) is 27.6 Å². The molecule has 1 aromatic heterocycles. The Bertz CT molecular complexity index is 992. The van der Waals surface area contributed by atoms with E-state index in [1.807, 2.05) is 0 Å². The summed E-state index contributed by atoms with van der Waals surface area (Å²) in [6.45, 7) is 5.22. The molecule has 5 nitrogen and oxygen atoms in total. The Kier molecular flexibility index (Phi) is 5.12. The second-order valence-electron chi connectivity index (χ2n) is 7.77. The van der Waals surface area contributed by atoms with Crippen LogP contribution in [0.4, 0.5) is 0 Å². The van der Waals surface area contributed by atoms with Crippen molar-refractivity contribution in [1.29, 1.82) is 5.26 Å². The Labute approximate surface area is 163 Å². The number of aromatic nitrogens is 1. The second-order valence-corrected chi connectivity index (χ2v) is 8.21. The third-order valence-electron chi connectivity index (χ3n) is 4.29.